The highest BCUT2D eigenvalue weighted by Crippen LogP contribution is 2.27. The molecule has 2 rings (SSSR count). The second-order valence-electron chi connectivity index (χ2n) is 5.11. The molecule has 1 unspecified atom stereocenters. The van der Waals surface area contributed by atoms with Crippen LogP contribution in [0.25, 0.3) is 0 Å². The molecule has 2 amide bonds. The molecule has 2 N–H and O–H groups in total. The first-order valence-corrected chi connectivity index (χ1v) is 7.85. The number of hydrogen-bond donors (Lipinski definition) is 2. The lowest BCUT2D eigenvalue weighted by molar-refractivity contribution is -0.138. The Balaban J connectivity index is 1.99. The summed E-state index contributed by atoms with van der Waals surface area (Å²) in [6, 6.07) is 4.98. The van der Waals surface area contributed by atoms with Crippen LogP contribution in [-0.4, -0.2) is 35.1 Å². The van der Waals surface area contributed by atoms with E-state index in [2.05, 4.69) is 21.2 Å². The third-order valence-electron chi connectivity index (χ3n) is 3.44. The molecule has 1 aromatic rings. The fraction of sp³-hybridized carbons (Fsp3) is 0.429. The van der Waals surface area contributed by atoms with Crippen molar-refractivity contribution in [3.8, 4) is 0 Å². The number of carbonyl (C=O) groups excluding carboxylic acids is 1. The summed E-state index contributed by atoms with van der Waals surface area (Å²) in [5, 5.41) is 12.1. The lowest BCUT2D eigenvalue weighted by Crippen LogP contribution is -2.42. The second-order valence-corrected chi connectivity index (χ2v) is 6.43. The Bertz CT molecular complexity index is 553. The zero-order valence-electron chi connectivity index (χ0n) is 11.3. The normalized spacial score (nSPS) is 18.4. The number of halogens is 2. The first-order chi connectivity index (χ1) is 9.95. The number of aliphatic carboxylic acids is 1. The summed E-state index contributed by atoms with van der Waals surface area (Å²) in [6.45, 7) is 1.09. The Kier molecular flexibility index (Phi) is 5.47. The highest BCUT2D eigenvalue weighted by Gasteiger charge is 2.25. The van der Waals surface area contributed by atoms with Crippen LogP contribution in [0.3, 0.4) is 0 Å². The third-order valence-corrected chi connectivity index (χ3v) is 4.26. The van der Waals surface area contributed by atoms with Gasteiger partial charge in [-0.2, -0.15) is 0 Å². The number of amides is 2. The molecular weight excluding hydrogens is 360 g/mol. The number of likely N-dealkylation sites (tertiary alicyclic amines) is 1. The van der Waals surface area contributed by atoms with Gasteiger partial charge in [-0.15, -0.1) is 0 Å². The van der Waals surface area contributed by atoms with Crippen LogP contribution >= 0.6 is 27.5 Å². The number of rotatable bonds is 3. The smallest absolute Gasteiger partial charge is 0.321 e. The fourth-order valence-electron chi connectivity index (χ4n) is 2.45. The number of carbonyl (C=O) groups is 2. The van der Waals surface area contributed by atoms with Crippen LogP contribution in [0.4, 0.5) is 10.5 Å². The third kappa shape index (κ3) is 4.61. The summed E-state index contributed by atoms with van der Waals surface area (Å²) in [7, 11) is 0. The number of carboxylic acids is 1. The molecule has 1 heterocycles. The quantitative estimate of drug-likeness (QED) is 0.844. The molecule has 7 heteroatoms. The molecule has 1 aliphatic heterocycles. The molecule has 1 atom stereocenters. The molecule has 0 aromatic heterocycles. The Hall–Kier alpha value is -1.27. The Labute approximate surface area is 136 Å². The minimum Gasteiger partial charge on any atom is -0.481 e. The number of hydrogen-bond acceptors (Lipinski definition) is 2. The average Bonchev–Trinajstić information content (AvgIpc) is 2.42. The molecular formula is C14H16BrClN2O3. The summed E-state index contributed by atoms with van der Waals surface area (Å²) >= 11 is 9.38. The van der Waals surface area contributed by atoms with E-state index in [1.807, 2.05) is 0 Å². The summed E-state index contributed by atoms with van der Waals surface area (Å²) in [5.41, 5.74) is 0.538. The first-order valence-electron chi connectivity index (χ1n) is 6.68. The SMILES string of the molecule is O=C(O)CC1CCCN(C(=O)Nc2cc(Br)ccc2Cl)C1. The molecule has 1 aromatic carbocycles. The van der Waals surface area contributed by atoms with Gasteiger partial charge in [0.25, 0.3) is 0 Å². The molecule has 0 bridgehead atoms. The number of anilines is 1. The molecule has 1 saturated heterocycles. The van der Waals surface area contributed by atoms with Crippen molar-refractivity contribution in [1.82, 2.24) is 4.90 Å². The van der Waals surface area contributed by atoms with Gasteiger partial charge >= 0.3 is 12.0 Å². The number of carboxylic acid groups (broad SMARTS) is 1. The van der Waals surface area contributed by atoms with E-state index in [4.69, 9.17) is 16.7 Å². The van der Waals surface area contributed by atoms with Crippen molar-refractivity contribution in [1.29, 1.82) is 0 Å². The molecule has 0 saturated carbocycles. The number of benzene rings is 1. The zero-order chi connectivity index (χ0) is 15.4. The number of nitrogens with zero attached hydrogens (tertiary/aromatic N) is 1. The van der Waals surface area contributed by atoms with Gasteiger partial charge in [0.15, 0.2) is 0 Å². The number of nitrogens with one attached hydrogen (secondary N) is 1. The minimum atomic E-state index is -0.822. The predicted molar refractivity (Wildman–Crippen MR) is 84.7 cm³/mol. The Morgan fingerprint density at radius 3 is 2.95 bits per heavy atom. The molecule has 114 valence electrons. The fourth-order valence-corrected chi connectivity index (χ4v) is 2.98. The number of piperidine rings is 1. The van der Waals surface area contributed by atoms with Crippen molar-refractivity contribution < 1.29 is 14.7 Å². The predicted octanol–water partition coefficient (Wildman–Crippen LogP) is 3.82. The molecule has 0 radical (unpaired) electrons. The van der Waals surface area contributed by atoms with Crippen molar-refractivity contribution in [2.45, 2.75) is 19.3 Å². The maximum atomic E-state index is 12.3. The lowest BCUT2D eigenvalue weighted by Gasteiger charge is -2.32. The topological polar surface area (TPSA) is 69.6 Å². The van der Waals surface area contributed by atoms with Crippen molar-refractivity contribution in [3.05, 3.63) is 27.7 Å². The van der Waals surface area contributed by atoms with E-state index in [1.165, 1.54) is 0 Å². The van der Waals surface area contributed by atoms with E-state index in [0.29, 0.717) is 23.8 Å². The van der Waals surface area contributed by atoms with Crippen LogP contribution in [0, 0.1) is 5.92 Å². The first kappa shape index (κ1) is 16.1. The van der Waals surface area contributed by atoms with Gasteiger partial charge < -0.3 is 15.3 Å². The lowest BCUT2D eigenvalue weighted by atomic mass is 9.95. The van der Waals surface area contributed by atoms with Gasteiger partial charge in [-0.05, 0) is 37.0 Å². The van der Waals surface area contributed by atoms with Crippen LogP contribution < -0.4 is 5.32 Å². The van der Waals surface area contributed by atoms with Crippen molar-refractivity contribution >= 4 is 45.2 Å². The van der Waals surface area contributed by atoms with Gasteiger partial charge in [0, 0.05) is 24.0 Å². The van der Waals surface area contributed by atoms with Crippen molar-refractivity contribution in [2.24, 2.45) is 5.92 Å². The summed E-state index contributed by atoms with van der Waals surface area (Å²) < 4.78 is 0.824. The van der Waals surface area contributed by atoms with Gasteiger partial charge in [-0.3, -0.25) is 4.79 Å². The molecule has 1 fully saturated rings. The van der Waals surface area contributed by atoms with Crippen LogP contribution in [0.2, 0.25) is 5.02 Å². The maximum Gasteiger partial charge on any atom is 0.321 e. The van der Waals surface area contributed by atoms with E-state index >= 15 is 0 Å². The zero-order valence-corrected chi connectivity index (χ0v) is 13.7. The molecule has 0 spiro atoms. The van der Waals surface area contributed by atoms with Crippen LogP contribution in [0.5, 0.6) is 0 Å². The van der Waals surface area contributed by atoms with Gasteiger partial charge in [-0.1, -0.05) is 27.5 Å². The largest absolute Gasteiger partial charge is 0.481 e. The highest BCUT2D eigenvalue weighted by atomic mass is 79.9. The van der Waals surface area contributed by atoms with Gasteiger partial charge in [-0.25, -0.2) is 4.79 Å². The van der Waals surface area contributed by atoms with Crippen LogP contribution in [0.15, 0.2) is 22.7 Å². The van der Waals surface area contributed by atoms with Crippen LogP contribution in [0.1, 0.15) is 19.3 Å². The van der Waals surface area contributed by atoms with Crippen molar-refractivity contribution in [2.75, 3.05) is 18.4 Å². The second kappa shape index (κ2) is 7.13. The van der Waals surface area contributed by atoms with E-state index in [9.17, 15) is 9.59 Å². The molecule has 1 aliphatic rings. The van der Waals surface area contributed by atoms with E-state index in [-0.39, 0.29) is 18.4 Å². The monoisotopic (exact) mass is 374 g/mol. The molecule has 21 heavy (non-hydrogen) atoms. The average molecular weight is 376 g/mol. The van der Waals surface area contributed by atoms with E-state index in [1.54, 1.807) is 23.1 Å². The Morgan fingerprint density at radius 2 is 2.24 bits per heavy atom. The maximum absolute atomic E-state index is 12.3. The summed E-state index contributed by atoms with van der Waals surface area (Å²) in [6.07, 6.45) is 1.76. The van der Waals surface area contributed by atoms with E-state index < -0.39 is 5.97 Å². The summed E-state index contributed by atoms with van der Waals surface area (Å²) in [5.74, 6) is -0.808. The van der Waals surface area contributed by atoms with Crippen molar-refractivity contribution in [3.63, 3.8) is 0 Å². The molecule has 0 aliphatic carbocycles. The van der Waals surface area contributed by atoms with Gasteiger partial charge in [0.2, 0.25) is 0 Å². The van der Waals surface area contributed by atoms with E-state index in [0.717, 1.165) is 17.3 Å². The van der Waals surface area contributed by atoms with Crippen LogP contribution in [-0.2, 0) is 4.79 Å². The molecule has 5 nitrogen and oxygen atoms in total. The number of urea groups is 1. The van der Waals surface area contributed by atoms with Gasteiger partial charge in [0.1, 0.15) is 0 Å². The minimum absolute atomic E-state index is 0.0139. The Morgan fingerprint density at radius 1 is 1.48 bits per heavy atom. The standard InChI is InChI=1S/C14H16BrClN2O3/c15-10-3-4-11(16)12(7-10)17-14(21)18-5-1-2-9(8-18)6-13(19)20/h3-4,7,9H,1-2,5-6,8H2,(H,17,21)(H,19,20). The highest BCUT2D eigenvalue weighted by molar-refractivity contribution is 9.10. The summed E-state index contributed by atoms with van der Waals surface area (Å²) in [4.78, 5) is 24.7. The van der Waals surface area contributed by atoms with Gasteiger partial charge in [0.05, 0.1) is 10.7 Å².